The summed E-state index contributed by atoms with van der Waals surface area (Å²) in [6.07, 6.45) is 2.20. The second-order valence-electron chi connectivity index (χ2n) is 3.09. The van der Waals surface area contributed by atoms with Crippen LogP contribution in [0.4, 0.5) is 5.69 Å². The normalized spacial score (nSPS) is 10.4. The van der Waals surface area contributed by atoms with E-state index in [9.17, 15) is 14.9 Å². The maximum absolute atomic E-state index is 10.8. The van der Waals surface area contributed by atoms with Gasteiger partial charge in [0.15, 0.2) is 5.75 Å². The van der Waals surface area contributed by atoms with Crippen LogP contribution in [0.15, 0.2) is 24.3 Å². The maximum atomic E-state index is 10.8. The number of ether oxygens (including phenoxy) is 1. The fourth-order valence-corrected chi connectivity index (χ4v) is 1.23. The van der Waals surface area contributed by atoms with E-state index < -0.39 is 10.9 Å². The van der Waals surface area contributed by atoms with Crippen LogP contribution in [0, 0.1) is 10.1 Å². The van der Waals surface area contributed by atoms with Crippen molar-refractivity contribution in [1.82, 2.24) is 0 Å². The van der Waals surface area contributed by atoms with Gasteiger partial charge in [-0.3, -0.25) is 10.1 Å². The zero-order valence-electron chi connectivity index (χ0n) is 9.12. The van der Waals surface area contributed by atoms with E-state index >= 15 is 0 Å². The van der Waals surface area contributed by atoms with Gasteiger partial charge in [0, 0.05) is 12.1 Å². The topological polar surface area (TPSA) is 89.7 Å². The number of carbonyl (C=O) groups is 1. The van der Waals surface area contributed by atoms with E-state index in [1.165, 1.54) is 18.2 Å². The van der Waals surface area contributed by atoms with E-state index in [0.717, 1.165) is 6.08 Å². The first-order valence-corrected chi connectivity index (χ1v) is 4.87. The number of aliphatic carboxylic acids is 1. The number of carboxylic acid groups (broad SMARTS) is 1. The Bertz CT molecular complexity index is 467. The van der Waals surface area contributed by atoms with Crippen molar-refractivity contribution in [2.24, 2.45) is 0 Å². The first-order chi connectivity index (χ1) is 8.04. The lowest BCUT2D eigenvalue weighted by Crippen LogP contribution is -1.97. The average Bonchev–Trinajstić information content (AvgIpc) is 2.27. The van der Waals surface area contributed by atoms with Crippen LogP contribution < -0.4 is 4.74 Å². The van der Waals surface area contributed by atoms with Gasteiger partial charge in [-0.25, -0.2) is 4.79 Å². The van der Waals surface area contributed by atoms with E-state index in [-0.39, 0.29) is 11.4 Å². The summed E-state index contributed by atoms with van der Waals surface area (Å²) in [7, 11) is 0. The van der Waals surface area contributed by atoms with Crippen molar-refractivity contribution in [2.75, 3.05) is 6.61 Å². The highest BCUT2D eigenvalue weighted by Gasteiger charge is 2.14. The van der Waals surface area contributed by atoms with Crippen molar-refractivity contribution in [3.8, 4) is 5.75 Å². The molecule has 0 unspecified atom stereocenters. The van der Waals surface area contributed by atoms with E-state index in [4.69, 9.17) is 9.84 Å². The Kier molecular flexibility index (Phi) is 4.21. The Morgan fingerprint density at radius 3 is 2.82 bits per heavy atom. The fourth-order valence-electron chi connectivity index (χ4n) is 1.23. The molecule has 90 valence electrons. The number of nitro benzene ring substituents is 1. The molecular formula is C11H11NO5. The van der Waals surface area contributed by atoms with Gasteiger partial charge in [0.2, 0.25) is 0 Å². The predicted molar refractivity (Wildman–Crippen MR) is 60.9 cm³/mol. The molecule has 0 saturated carbocycles. The van der Waals surface area contributed by atoms with Crippen molar-refractivity contribution in [3.63, 3.8) is 0 Å². The van der Waals surface area contributed by atoms with Crippen LogP contribution in [0.25, 0.3) is 6.08 Å². The molecule has 0 spiro atoms. The summed E-state index contributed by atoms with van der Waals surface area (Å²) in [5.41, 5.74) is 0.252. The summed E-state index contributed by atoms with van der Waals surface area (Å²) in [4.78, 5) is 20.5. The van der Waals surface area contributed by atoms with Gasteiger partial charge in [0.1, 0.15) is 0 Å². The van der Waals surface area contributed by atoms with Gasteiger partial charge >= 0.3 is 11.7 Å². The van der Waals surface area contributed by atoms with Crippen molar-refractivity contribution in [1.29, 1.82) is 0 Å². The molecule has 1 aromatic carbocycles. The lowest BCUT2D eigenvalue weighted by Gasteiger charge is -2.04. The number of hydrogen-bond donors (Lipinski definition) is 1. The van der Waals surface area contributed by atoms with Gasteiger partial charge in [0.25, 0.3) is 0 Å². The van der Waals surface area contributed by atoms with Gasteiger partial charge in [-0.05, 0) is 24.6 Å². The third-order valence-electron chi connectivity index (χ3n) is 1.90. The first-order valence-electron chi connectivity index (χ1n) is 4.87. The molecule has 0 aromatic heterocycles. The molecule has 0 fully saturated rings. The molecule has 1 aromatic rings. The Balaban J connectivity index is 3.09. The van der Waals surface area contributed by atoms with Crippen molar-refractivity contribution < 1.29 is 19.6 Å². The van der Waals surface area contributed by atoms with Crippen molar-refractivity contribution in [2.45, 2.75) is 6.92 Å². The Labute approximate surface area is 97.3 Å². The zero-order valence-corrected chi connectivity index (χ0v) is 9.12. The molecule has 0 radical (unpaired) electrons. The highest BCUT2D eigenvalue weighted by molar-refractivity contribution is 5.85. The molecule has 0 aliphatic rings. The first kappa shape index (κ1) is 12.7. The average molecular weight is 237 g/mol. The lowest BCUT2D eigenvalue weighted by molar-refractivity contribution is -0.385. The molecule has 6 nitrogen and oxygen atoms in total. The number of benzene rings is 1. The number of nitro groups is 1. The van der Waals surface area contributed by atoms with E-state index in [0.29, 0.717) is 12.2 Å². The molecule has 6 heteroatoms. The number of nitrogens with zero attached hydrogens (tertiary/aromatic N) is 1. The van der Waals surface area contributed by atoms with Crippen molar-refractivity contribution >= 4 is 17.7 Å². The summed E-state index contributed by atoms with van der Waals surface area (Å²) >= 11 is 0. The molecule has 0 aliphatic carbocycles. The van der Waals surface area contributed by atoms with Crippen molar-refractivity contribution in [3.05, 3.63) is 40.0 Å². The largest absolute Gasteiger partial charge is 0.487 e. The van der Waals surface area contributed by atoms with Gasteiger partial charge in [0.05, 0.1) is 11.5 Å². The highest BCUT2D eigenvalue weighted by atomic mass is 16.6. The monoisotopic (exact) mass is 237 g/mol. The summed E-state index contributed by atoms with van der Waals surface area (Å²) in [5.74, 6) is -0.938. The van der Waals surface area contributed by atoms with Gasteiger partial charge in [-0.1, -0.05) is 6.07 Å². The van der Waals surface area contributed by atoms with Crippen LogP contribution in [0.2, 0.25) is 0 Å². The molecule has 17 heavy (non-hydrogen) atoms. The molecule has 0 heterocycles. The molecular weight excluding hydrogens is 226 g/mol. The predicted octanol–water partition coefficient (Wildman–Crippen LogP) is 2.09. The molecule has 0 bridgehead atoms. The van der Waals surface area contributed by atoms with Crippen LogP contribution in [0.1, 0.15) is 12.5 Å². The molecule has 0 atom stereocenters. The van der Waals surface area contributed by atoms with Crippen LogP contribution >= 0.6 is 0 Å². The van der Waals surface area contributed by atoms with Crippen LogP contribution in [-0.2, 0) is 4.79 Å². The molecule has 1 rings (SSSR count). The number of hydrogen-bond acceptors (Lipinski definition) is 4. The smallest absolute Gasteiger partial charge is 0.328 e. The summed E-state index contributed by atoms with van der Waals surface area (Å²) in [5, 5.41) is 19.2. The van der Waals surface area contributed by atoms with Crippen LogP contribution in [-0.4, -0.2) is 22.6 Å². The summed E-state index contributed by atoms with van der Waals surface area (Å²) in [6, 6.07) is 4.27. The Morgan fingerprint density at radius 1 is 1.59 bits per heavy atom. The third-order valence-corrected chi connectivity index (χ3v) is 1.90. The van der Waals surface area contributed by atoms with E-state index in [1.807, 2.05) is 0 Å². The molecule has 0 aliphatic heterocycles. The molecule has 0 saturated heterocycles. The van der Waals surface area contributed by atoms with Crippen LogP contribution in [0.5, 0.6) is 5.75 Å². The summed E-state index contributed by atoms with van der Waals surface area (Å²) in [6.45, 7) is 2.05. The van der Waals surface area contributed by atoms with E-state index in [1.54, 1.807) is 13.0 Å². The minimum atomic E-state index is -1.11. The number of carboxylic acids is 1. The quantitative estimate of drug-likeness (QED) is 0.481. The minimum absolute atomic E-state index is 0.171. The van der Waals surface area contributed by atoms with E-state index in [2.05, 4.69) is 0 Å². The second kappa shape index (κ2) is 5.64. The Morgan fingerprint density at radius 2 is 2.29 bits per heavy atom. The minimum Gasteiger partial charge on any atom is -0.487 e. The number of rotatable bonds is 5. The van der Waals surface area contributed by atoms with Crippen LogP contribution in [0.3, 0.4) is 0 Å². The van der Waals surface area contributed by atoms with Gasteiger partial charge in [-0.2, -0.15) is 0 Å². The fraction of sp³-hybridized carbons (Fsp3) is 0.182. The maximum Gasteiger partial charge on any atom is 0.328 e. The highest BCUT2D eigenvalue weighted by Crippen LogP contribution is 2.28. The second-order valence-corrected chi connectivity index (χ2v) is 3.09. The lowest BCUT2D eigenvalue weighted by atomic mass is 10.1. The SMILES string of the molecule is CCOc1ccc(/C=C/C(=O)O)cc1[N+](=O)[O-]. The Hall–Kier alpha value is -2.37. The third kappa shape index (κ3) is 3.60. The van der Waals surface area contributed by atoms with Gasteiger partial charge in [-0.15, -0.1) is 0 Å². The molecule has 1 N–H and O–H groups in total. The standard InChI is InChI=1S/C11H11NO5/c1-2-17-10-5-3-8(4-6-11(13)14)7-9(10)12(15)16/h3-7H,2H2,1H3,(H,13,14)/b6-4+. The van der Waals surface area contributed by atoms with Gasteiger partial charge < -0.3 is 9.84 Å². The zero-order chi connectivity index (χ0) is 12.8. The summed E-state index contributed by atoms with van der Waals surface area (Å²) < 4.78 is 5.10. The molecule has 0 amide bonds.